The van der Waals surface area contributed by atoms with Crippen molar-refractivity contribution < 1.29 is 9.90 Å². The number of aromatic nitrogens is 3. The SMILES string of the molecule is CCc1cc2nc(C)c(CCC(=O)O)c(=O)n2[nH]1. The summed E-state index contributed by atoms with van der Waals surface area (Å²) in [5.41, 5.74) is 2.35. The lowest BCUT2D eigenvalue weighted by atomic mass is 10.1. The molecule has 0 atom stereocenters. The lowest BCUT2D eigenvalue weighted by Gasteiger charge is -2.03. The van der Waals surface area contributed by atoms with Crippen LogP contribution in [-0.2, 0) is 17.6 Å². The lowest BCUT2D eigenvalue weighted by Crippen LogP contribution is -2.22. The fraction of sp³-hybridized carbons (Fsp3) is 0.417. The second kappa shape index (κ2) is 4.64. The number of hydrogen-bond donors (Lipinski definition) is 2. The molecular weight excluding hydrogens is 234 g/mol. The van der Waals surface area contributed by atoms with E-state index in [1.165, 1.54) is 4.52 Å². The zero-order valence-corrected chi connectivity index (χ0v) is 10.4. The van der Waals surface area contributed by atoms with E-state index < -0.39 is 5.97 Å². The molecule has 6 nitrogen and oxygen atoms in total. The predicted molar refractivity (Wildman–Crippen MR) is 65.9 cm³/mol. The van der Waals surface area contributed by atoms with E-state index in [0.717, 1.165) is 12.1 Å². The first-order chi connectivity index (χ1) is 8.52. The highest BCUT2D eigenvalue weighted by Crippen LogP contribution is 2.08. The van der Waals surface area contributed by atoms with Crippen LogP contribution in [0.5, 0.6) is 0 Å². The molecule has 2 N–H and O–H groups in total. The fourth-order valence-corrected chi connectivity index (χ4v) is 1.92. The Labute approximate surface area is 103 Å². The van der Waals surface area contributed by atoms with Crippen molar-refractivity contribution in [2.24, 2.45) is 0 Å². The molecule has 6 heteroatoms. The van der Waals surface area contributed by atoms with Crippen LogP contribution < -0.4 is 5.56 Å². The lowest BCUT2D eigenvalue weighted by molar-refractivity contribution is -0.136. The molecule has 2 heterocycles. The highest BCUT2D eigenvalue weighted by molar-refractivity contribution is 5.67. The standard InChI is InChI=1S/C12H15N3O3/c1-3-8-6-10-13-7(2)9(4-5-11(16)17)12(18)15(10)14-8/h6,14H,3-5H2,1-2H3,(H,16,17). The third-order valence-corrected chi connectivity index (χ3v) is 2.94. The molecule has 2 aromatic rings. The van der Waals surface area contributed by atoms with Gasteiger partial charge < -0.3 is 5.11 Å². The Morgan fingerprint density at radius 2 is 2.28 bits per heavy atom. The van der Waals surface area contributed by atoms with Gasteiger partial charge in [-0.05, 0) is 19.8 Å². The highest BCUT2D eigenvalue weighted by Gasteiger charge is 2.12. The first-order valence-corrected chi connectivity index (χ1v) is 5.85. The number of nitrogens with one attached hydrogen (secondary N) is 1. The van der Waals surface area contributed by atoms with E-state index in [1.54, 1.807) is 6.92 Å². The molecule has 0 aliphatic carbocycles. The van der Waals surface area contributed by atoms with Crippen LogP contribution in [0, 0.1) is 6.92 Å². The number of aromatic amines is 1. The van der Waals surface area contributed by atoms with Crippen molar-refractivity contribution in [3.8, 4) is 0 Å². The Morgan fingerprint density at radius 3 is 2.89 bits per heavy atom. The van der Waals surface area contributed by atoms with Gasteiger partial charge >= 0.3 is 5.97 Å². The monoisotopic (exact) mass is 249 g/mol. The van der Waals surface area contributed by atoms with Crippen LogP contribution in [0.2, 0.25) is 0 Å². The van der Waals surface area contributed by atoms with E-state index in [4.69, 9.17) is 5.11 Å². The molecule has 0 bridgehead atoms. The number of fused-ring (bicyclic) bond motifs is 1. The van der Waals surface area contributed by atoms with Gasteiger partial charge in [0.05, 0.1) is 0 Å². The van der Waals surface area contributed by atoms with Gasteiger partial charge in [-0.25, -0.2) is 9.50 Å². The van der Waals surface area contributed by atoms with Crippen LogP contribution in [0.15, 0.2) is 10.9 Å². The van der Waals surface area contributed by atoms with E-state index >= 15 is 0 Å². The fourth-order valence-electron chi connectivity index (χ4n) is 1.92. The predicted octanol–water partition coefficient (Wildman–Crippen LogP) is 0.911. The number of nitrogens with zero attached hydrogens (tertiary/aromatic N) is 2. The third kappa shape index (κ3) is 2.13. The van der Waals surface area contributed by atoms with Gasteiger partial charge in [0.1, 0.15) is 0 Å². The number of H-pyrrole nitrogens is 1. The molecule has 0 fully saturated rings. The van der Waals surface area contributed by atoms with Crippen molar-refractivity contribution in [2.75, 3.05) is 0 Å². The summed E-state index contributed by atoms with van der Waals surface area (Å²) < 4.78 is 1.38. The van der Waals surface area contributed by atoms with E-state index in [2.05, 4.69) is 10.1 Å². The highest BCUT2D eigenvalue weighted by atomic mass is 16.4. The molecule has 0 spiro atoms. The molecule has 0 saturated carbocycles. The summed E-state index contributed by atoms with van der Waals surface area (Å²) in [6.07, 6.45) is 0.924. The van der Waals surface area contributed by atoms with Gasteiger partial charge in [-0.15, -0.1) is 0 Å². The van der Waals surface area contributed by atoms with Crippen LogP contribution in [-0.4, -0.2) is 25.7 Å². The maximum atomic E-state index is 12.2. The van der Waals surface area contributed by atoms with Crippen molar-refractivity contribution in [3.63, 3.8) is 0 Å². The minimum absolute atomic E-state index is 0.0643. The average Bonchev–Trinajstić information content (AvgIpc) is 2.71. The molecule has 0 amide bonds. The first kappa shape index (κ1) is 12.3. The van der Waals surface area contributed by atoms with Crippen molar-refractivity contribution in [1.82, 2.24) is 14.6 Å². The zero-order chi connectivity index (χ0) is 13.3. The molecule has 0 unspecified atom stereocenters. The van der Waals surface area contributed by atoms with Gasteiger partial charge in [0.15, 0.2) is 5.65 Å². The minimum atomic E-state index is -0.917. The summed E-state index contributed by atoms with van der Waals surface area (Å²) in [6, 6.07) is 1.83. The van der Waals surface area contributed by atoms with Crippen LogP contribution in [0.3, 0.4) is 0 Å². The smallest absolute Gasteiger partial charge is 0.303 e. The number of hydrogen-bond acceptors (Lipinski definition) is 3. The second-order valence-corrected chi connectivity index (χ2v) is 4.20. The van der Waals surface area contributed by atoms with Gasteiger partial charge in [0.2, 0.25) is 0 Å². The number of rotatable bonds is 4. The van der Waals surface area contributed by atoms with Crippen LogP contribution in [0.25, 0.3) is 5.65 Å². The Balaban J connectivity index is 2.53. The van der Waals surface area contributed by atoms with Crippen molar-refractivity contribution >= 4 is 11.6 Å². The van der Waals surface area contributed by atoms with Gasteiger partial charge in [0.25, 0.3) is 5.56 Å². The van der Waals surface area contributed by atoms with Crippen LogP contribution in [0.1, 0.15) is 30.3 Å². The number of carboxylic acids is 1. The molecule has 0 aromatic carbocycles. The van der Waals surface area contributed by atoms with Gasteiger partial charge in [-0.3, -0.25) is 14.7 Å². The largest absolute Gasteiger partial charge is 0.481 e. The Morgan fingerprint density at radius 1 is 1.56 bits per heavy atom. The summed E-state index contributed by atoms with van der Waals surface area (Å²) >= 11 is 0. The van der Waals surface area contributed by atoms with Gasteiger partial charge in [0, 0.05) is 29.4 Å². The van der Waals surface area contributed by atoms with Crippen LogP contribution >= 0.6 is 0 Å². The molecule has 18 heavy (non-hydrogen) atoms. The molecule has 0 saturated heterocycles. The molecule has 2 aromatic heterocycles. The molecule has 0 aliphatic heterocycles. The first-order valence-electron chi connectivity index (χ1n) is 5.85. The van der Waals surface area contributed by atoms with Crippen molar-refractivity contribution in [1.29, 1.82) is 0 Å². The summed E-state index contributed by atoms with van der Waals surface area (Å²) in [4.78, 5) is 27.1. The Kier molecular flexibility index (Phi) is 3.18. The quantitative estimate of drug-likeness (QED) is 0.843. The average molecular weight is 249 g/mol. The van der Waals surface area contributed by atoms with Crippen molar-refractivity contribution in [2.45, 2.75) is 33.1 Å². The molecule has 0 aliphatic rings. The number of carboxylic acid groups (broad SMARTS) is 1. The molecule has 96 valence electrons. The molecule has 0 radical (unpaired) electrons. The summed E-state index contributed by atoms with van der Waals surface area (Å²) in [5, 5.41) is 11.6. The third-order valence-electron chi connectivity index (χ3n) is 2.94. The van der Waals surface area contributed by atoms with Crippen molar-refractivity contribution in [3.05, 3.63) is 33.4 Å². The van der Waals surface area contributed by atoms with Gasteiger partial charge in [-0.2, -0.15) is 0 Å². The second-order valence-electron chi connectivity index (χ2n) is 4.20. The van der Waals surface area contributed by atoms with E-state index in [1.807, 2.05) is 13.0 Å². The Hall–Kier alpha value is -2.11. The Bertz CT molecular complexity index is 654. The summed E-state index contributed by atoms with van der Waals surface area (Å²) in [5.74, 6) is -0.917. The number of aryl methyl sites for hydroxylation is 2. The summed E-state index contributed by atoms with van der Waals surface area (Å²) in [6.45, 7) is 3.71. The minimum Gasteiger partial charge on any atom is -0.481 e. The molecule has 2 rings (SSSR count). The summed E-state index contributed by atoms with van der Waals surface area (Å²) in [7, 11) is 0. The van der Waals surface area contributed by atoms with Gasteiger partial charge in [-0.1, -0.05) is 6.92 Å². The maximum absolute atomic E-state index is 12.2. The normalized spacial score (nSPS) is 11.0. The topological polar surface area (TPSA) is 87.5 Å². The maximum Gasteiger partial charge on any atom is 0.303 e. The van der Waals surface area contributed by atoms with Crippen LogP contribution in [0.4, 0.5) is 0 Å². The van der Waals surface area contributed by atoms with E-state index in [-0.39, 0.29) is 18.4 Å². The number of aliphatic carboxylic acids is 1. The van der Waals surface area contributed by atoms with E-state index in [0.29, 0.717) is 16.9 Å². The number of carbonyl (C=O) groups is 1. The zero-order valence-electron chi connectivity index (χ0n) is 10.4. The molecular formula is C12H15N3O3. The van der Waals surface area contributed by atoms with E-state index in [9.17, 15) is 9.59 Å².